The molecule has 1 amide bonds. The second-order valence-electron chi connectivity index (χ2n) is 9.13. The highest BCUT2D eigenvalue weighted by atomic mass is 19.1. The normalized spacial score (nSPS) is 21.7. The van der Waals surface area contributed by atoms with Crippen LogP contribution in [0.4, 0.5) is 4.39 Å². The number of rotatable bonds is 4. The number of esters is 1. The molecule has 0 aliphatic carbocycles. The number of benzene rings is 2. The summed E-state index contributed by atoms with van der Waals surface area (Å²) < 4.78 is 31.0. The van der Waals surface area contributed by atoms with Gasteiger partial charge in [-0.25, -0.2) is 9.18 Å². The highest BCUT2D eigenvalue weighted by molar-refractivity contribution is 5.94. The molecule has 5 rings (SSSR count). The van der Waals surface area contributed by atoms with Crippen molar-refractivity contribution in [1.29, 1.82) is 5.26 Å². The molecule has 0 spiro atoms. The number of ether oxygens (including phenoxy) is 3. The summed E-state index contributed by atoms with van der Waals surface area (Å²) in [6, 6.07) is 8.25. The van der Waals surface area contributed by atoms with Crippen molar-refractivity contribution in [3.8, 4) is 11.8 Å². The van der Waals surface area contributed by atoms with Crippen LogP contribution in [0.15, 0.2) is 24.3 Å². The van der Waals surface area contributed by atoms with Crippen molar-refractivity contribution in [3.05, 3.63) is 63.5 Å². The first-order valence-electron chi connectivity index (χ1n) is 11.6. The van der Waals surface area contributed by atoms with Crippen LogP contribution < -0.4 is 4.74 Å². The fourth-order valence-electron chi connectivity index (χ4n) is 5.18. The van der Waals surface area contributed by atoms with E-state index in [1.807, 2.05) is 25.1 Å². The molecule has 35 heavy (non-hydrogen) atoms. The average Bonchev–Trinajstić information content (AvgIpc) is 3.26. The SMILES string of the molecule is COc1cc(CC(=O)N2CCN3C[C@@H](c4ccc5c(c4C)COC5=O)OC[C@@H]3C2)c(F)cc1C#N. The van der Waals surface area contributed by atoms with Crippen molar-refractivity contribution in [2.45, 2.75) is 32.1 Å². The zero-order chi connectivity index (χ0) is 24.7. The zero-order valence-corrected chi connectivity index (χ0v) is 19.7. The zero-order valence-electron chi connectivity index (χ0n) is 19.7. The van der Waals surface area contributed by atoms with Crippen LogP contribution in [0.2, 0.25) is 0 Å². The van der Waals surface area contributed by atoms with Crippen LogP contribution in [0.25, 0.3) is 0 Å². The molecule has 0 aromatic heterocycles. The molecule has 3 heterocycles. The van der Waals surface area contributed by atoms with Crippen molar-refractivity contribution >= 4 is 11.9 Å². The molecule has 3 aliphatic heterocycles. The van der Waals surface area contributed by atoms with Crippen molar-refractivity contribution in [1.82, 2.24) is 9.80 Å². The first-order valence-corrected chi connectivity index (χ1v) is 11.6. The molecule has 0 N–H and O–H groups in total. The van der Waals surface area contributed by atoms with Gasteiger partial charge >= 0.3 is 5.97 Å². The molecular weight excluding hydrogens is 453 g/mol. The van der Waals surface area contributed by atoms with E-state index in [2.05, 4.69) is 4.90 Å². The number of amides is 1. The highest BCUT2D eigenvalue weighted by Gasteiger charge is 2.37. The highest BCUT2D eigenvalue weighted by Crippen LogP contribution is 2.34. The molecule has 2 saturated heterocycles. The quantitative estimate of drug-likeness (QED) is 0.623. The molecule has 182 valence electrons. The third-order valence-corrected chi connectivity index (χ3v) is 7.23. The molecule has 3 aliphatic rings. The standard InChI is InChI=1S/C26H26FN3O5/c1-15-19(3-4-20-21(15)14-35-26(20)32)24-12-29-5-6-30(11-18(29)13-34-24)25(31)9-16-8-23(33-2)17(10-28)7-22(16)27/h3-4,7-8,18,24H,5-6,9,11-14H2,1-2H3/t18-,24-/m0/s1. The maximum atomic E-state index is 14.5. The van der Waals surface area contributed by atoms with Gasteiger partial charge in [0, 0.05) is 37.3 Å². The van der Waals surface area contributed by atoms with E-state index in [0.29, 0.717) is 45.0 Å². The number of hydrogen-bond acceptors (Lipinski definition) is 7. The lowest BCUT2D eigenvalue weighted by Gasteiger charge is -2.46. The fourth-order valence-corrected chi connectivity index (χ4v) is 5.18. The number of piperazine rings is 1. The lowest BCUT2D eigenvalue weighted by molar-refractivity contribution is -0.139. The van der Waals surface area contributed by atoms with Gasteiger partial charge in [-0.15, -0.1) is 0 Å². The van der Waals surface area contributed by atoms with Gasteiger partial charge in [-0.3, -0.25) is 9.69 Å². The van der Waals surface area contributed by atoms with E-state index in [4.69, 9.17) is 19.5 Å². The number of morpholine rings is 1. The summed E-state index contributed by atoms with van der Waals surface area (Å²) in [7, 11) is 1.41. The fraction of sp³-hybridized carbons (Fsp3) is 0.423. The first kappa shape index (κ1) is 23.3. The van der Waals surface area contributed by atoms with Gasteiger partial charge in [-0.1, -0.05) is 6.07 Å². The predicted octanol–water partition coefficient (Wildman–Crippen LogP) is 2.51. The molecule has 2 aromatic rings. The van der Waals surface area contributed by atoms with Crippen LogP contribution in [0, 0.1) is 24.1 Å². The van der Waals surface area contributed by atoms with Gasteiger partial charge in [0.05, 0.1) is 43.4 Å². The van der Waals surface area contributed by atoms with Gasteiger partial charge in [0.1, 0.15) is 24.2 Å². The largest absolute Gasteiger partial charge is 0.495 e. The minimum atomic E-state index is -0.588. The van der Waals surface area contributed by atoms with Gasteiger partial charge in [0.2, 0.25) is 5.91 Å². The molecule has 2 atom stereocenters. The molecule has 8 nitrogen and oxygen atoms in total. The van der Waals surface area contributed by atoms with E-state index in [0.717, 1.165) is 22.8 Å². The Kier molecular flexibility index (Phi) is 6.17. The molecule has 0 saturated carbocycles. The number of halogens is 1. The van der Waals surface area contributed by atoms with E-state index in [1.54, 1.807) is 4.90 Å². The second-order valence-corrected chi connectivity index (χ2v) is 9.13. The average molecular weight is 480 g/mol. The number of nitriles is 1. The first-order chi connectivity index (χ1) is 16.9. The molecule has 0 radical (unpaired) electrons. The number of carbonyl (C=O) groups excluding carboxylic acids is 2. The summed E-state index contributed by atoms with van der Waals surface area (Å²) in [6.45, 7) is 5.22. The van der Waals surface area contributed by atoms with E-state index < -0.39 is 5.82 Å². The maximum absolute atomic E-state index is 14.5. The Bertz CT molecular complexity index is 1240. The van der Waals surface area contributed by atoms with Crippen molar-refractivity contribution in [2.75, 3.05) is 39.9 Å². The summed E-state index contributed by atoms with van der Waals surface area (Å²) in [4.78, 5) is 28.9. The summed E-state index contributed by atoms with van der Waals surface area (Å²) >= 11 is 0. The van der Waals surface area contributed by atoms with Gasteiger partial charge in [0.15, 0.2) is 0 Å². The van der Waals surface area contributed by atoms with Gasteiger partial charge in [-0.2, -0.15) is 5.26 Å². The third kappa shape index (κ3) is 4.24. The van der Waals surface area contributed by atoms with E-state index in [-0.39, 0.29) is 47.3 Å². The molecular formula is C26H26FN3O5. The van der Waals surface area contributed by atoms with E-state index in [1.165, 1.54) is 13.2 Å². The van der Waals surface area contributed by atoms with Crippen LogP contribution in [0.3, 0.4) is 0 Å². The molecule has 2 fully saturated rings. The maximum Gasteiger partial charge on any atom is 0.338 e. The Hall–Kier alpha value is -3.48. The van der Waals surface area contributed by atoms with E-state index >= 15 is 0 Å². The van der Waals surface area contributed by atoms with Crippen LogP contribution in [-0.2, 0) is 27.3 Å². The summed E-state index contributed by atoms with van der Waals surface area (Å²) in [6.07, 6.45) is -0.214. The molecule has 2 aromatic carbocycles. The predicted molar refractivity (Wildman–Crippen MR) is 122 cm³/mol. The number of methoxy groups -OCH3 is 1. The van der Waals surface area contributed by atoms with Crippen molar-refractivity contribution in [3.63, 3.8) is 0 Å². The number of cyclic esters (lactones) is 1. The minimum Gasteiger partial charge on any atom is -0.495 e. The summed E-state index contributed by atoms with van der Waals surface area (Å²) in [5.74, 6) is -0.781. The Morgan fingerprint density at radius 1 is 1.29 bits per heavy atom. The lowest BCUT2D eigenvalue weighted by atomic mass is 9.94. The van der Waals surface area contributed by atoms with Crippen LogP contribution >= 0.6 is 0 Å². The van der Waals surface area contributed by atoms with E-state index in [9.17, 15) is 14.0 Å². The lowest BCUT2D eigenvalue weighted by Crippen LogP contribution is -2.59. The number of carbonyl (C=O) groups is 2. The number of fused-ring (bicyclic) bond motifs is 2. The second kappa shape index (κ2) is 9.29. The van der Waals surface area contributed by atoms with Crippen LogP contribution in [0.1, 0.15) is 44.3 Å². The molecule has 0 unspecified atom stereocenters. The van der Waals surface area contributed by atoms with Gasteiger partial charge in [-0.05, 0) is 36.2 Å². The Labute approximate surface area is 202 Å². The van der Waals surface area contributed by atoms with Crippen molar-refractivity contribution < 1.29 is 28.2 Å². The summed E-state index contributed by atoms with van der Waals surface area (Å²) in [5.41, 5.74) is 3.96. The molecule has 0 bridgehead atoms. The van der Waals surface area contributed by atoms with Gasteiger partial charge in [0.25, 0.3) is 0 Å². The Morgan fingerprint density at radius 3 is 2.89 bits per heavy atom. The van der Waals surface area contributed by atoms with Crippen molar-refractivity contribution in [2.24, 2.45) is 0 Å². The van der Waals surface area contributed by atoms with Gasteiger partial charge < -0.3 is 19.1 Å². The Morgan fingerprint density at radius 2 is 2.11 bits per heavy atom. The molecule has 9 heteroatoms. The smallest absolute Gasteiger partial charge is 0.338 e. The third-order valence-electron chi connectivity index (χ3n) is 7.23. The Balaban J connectivity index is 1.23. The van der Waals surface area contributed by atoms with Crippen LogP contribution in [-0.4, -0.2) is 67.6 Å². The summed E-state index contributed by atoms with van der Waals surface area (Å²) in [5, 5.41) is 9.11. The number of nitrogens with zero attached hydrogens (tertiary/aromatic N) is 3. The number of hydrogen-bond donors (Lipinski definition) is 0. The topological polar surface area (TPSA) is 92.1 Å². The minimum absolute atomic E-state index is 0.0592. The monoisotopic (exact) mass is 479 g/mol. The van der Waals surface area contributed by atoms with Crippen LogP contribution in [0.5, 0.6) is 5.75 Å².